The minimum absolute atomic E-state index is 0.0189. The van der Waals surface area contributed by atoms with Crippen LogP contribution in [0.25, 0.3) is 5.65 Å². The molecule has 0 saturated heterocycles. The van der Waals surface area contributed by atoms with Crippen LogP contribution in [0.15, 0.2) is 97.9 Å². The molecule has 0 aliphatic heterocycles. The maximum atomic E-state index is 13.6. The maximum absolute atomic E-state index is 13.6. The number of furan rings is 1. The number of hydrogen-bond donors (Lipinski definition) is 1. The summed E-state index contributed by atoms with van der Waals surface area (Å²) in [5.41, 5.74) is 5.79. The molecule has 0 aliphatic carbocycles. The fourth-order valence-electron chi connectivity index (χ4n) is 4.22. The fourth-order valence-corrected chi connectivity index (χ4v) is 6.08. The molecule has 0 atom stereocenters. The number of rotatable bonds is 9. The van der Waals surface area contributed by atoms with Crippen molar-refractivity contribution < 1.29 is 17.6 Å². The van der Waals surface area contributed by atoms with E-state index in [1.165, 1.54) is 10.5 Å². The monoisotopic (exact) mass is 653 g/mol. The van der Waals surface area contributed by atoms with Crippen molar-refractivity contribution >= 4 is 55.3 Å². The first-order chi connectivity index (χ1) is 19.6. The Morgan fingerprint density at radius 3 is 2.51 bits per heavy atom. The summed E-state index contributed by atoms with van der Waals surface area (Å²) in [6.45, 7) is 3.74. The molecule has 0 spiro atoms. The number of carbonyl (C=O) groups is 1. The molecule has 1 amide bonds. The number of nitrogens with one attached hydrogen (secondary N) is 1. The Balaban J connectivity index is 1.33. The number of aryl methyl sites for hydroxylation is 2. The zero-order valence-corrected chi connectivity index (χ0v) is 25.2. The second-order valence-corrected chi connectivity index (χ2v) is 12.6. The first-order valence-electron chi connectivity index (χ1n) is 12.5. The Morgan fingerprint density at radius 2 is 1.78 bits per heavy atom. The standard InChI is InChI=1S/C29H25BrClN5O4S/c1-19-3-12-26(13-4-19)41(38,39)35(16-21-5-8-23(31)9-6-21)18-25-11-10-24(40-25)15-32-34-29(37)28-20(2)33-27-14-7-22(30)17-36(27)28/h3-15,17H,16,18H2,1-2H3,(H,34,37)/b32-15+. The molecule has 0 bridgehead atoms. The van der Waals surface area contributed by atoms with E-state index in [1.807, 2.05) is 13.0 Å². The molecular formula is C29H25BrClN5O4S. The van der Waals surface area contributed by atoms with Crippen molar-refractivity contribution in [3.05, 3.63) is 123 Å². The minimum Gasteiger partial charge on any atom is -0.459 e. The predicted molar refractivity (Wildman–Crippen MR) is 160 cm³/mol. The van der Waals surface area contributed by atoms with Crippen LogP contribution in [-0.2, 0) is 23.1 Å². The lowest BCUT2D eigenvalue weighted by Crippen LogP contribution is -2.30. The quantitative estimate of drug-likeness (QED) is 0.152. The molecule has 0 radical (unpaired) electrons. The number of nitrogens with zero attached hydrogens (tertiary/aromatic N) is 4. The second-order valence-electron chi connectivity index (χ2n) is 9.34. The third-order valence-electron chi connectivity index (χ3n) is 6.28. The van der Waals surface area contributed by atoms with E-state index in [-0.39, 0.29) is 18.0 Å². The largest absolute Gasteiger partial charge is 0.459 e. The number of sulfonamides is 1. The van der Waals surface area contributed by atoms with E-state index >= 15 is 0 Å². The van der Waals surface area contributed by atoms with Crippen LogP contribution in [0.3, 0.4) is 0 Å². The van der Waals surface area contributed by atoms with Gasteiger partial charge in [-0.05, 0) is 83.9 Å². The minimum atomic E-state index is -3.86. The average molecular weight is 655 g/mol. The maximum Gasteiger partial charge on any atom is 0.290 e. The van der Waals surface area contributed by atoms with Gasteiger partial charge in [0.15, 0.2) is 0 Å². The van der Waals surface area contributed by atoms with Crippen molar-refractivity contribution in [1.82, 2.24) is 19.1 Å². The molecule has 0 unspecified atom stereocenters. The van der Waals surface area contributed by atoms with Gasteiger partial charge in [-0.25, -0.2) is 18.8 Å². The highest BCUT2D eigenvalue weighted by atomic mass is 79.9. The highest BCUT2D eigenvalue weighted by Gasteiger charge is 2.26. The summed E-state index contributed by atoms with van der Waals surface area (Å²) >= 11 is 9.43. The summed E-state index contributed by atoms with van der Waals surface area (Å²) < 4.78 is 36.9. The lowest BCUT2D eigenvalue weighted by molar-refractivity contribution is 0.0948. The van der Waals surface area contributed by atoms with Crippen LogP contribution in [-0.4, -0.2) is 34.2 Å². The van der Waals surface area contributed by atoms with Crippen molar-refractivity contribution in [3.63, 3.8) is 0 Å². The van der Waals surface area contributed by atoms with Crippen LogP contribution in [0, 0.1) is 13.8 Å². The summed E-state index contributed by atoms with van der Waals surface area (Å²) in [5.74, 6) is 0.316. The molecule has 3 aromatic heterocycles. The molecular weight excluding hydrogens is 630 g/mol. The number of halogens is 2. The number of carbonyl (C=O) groups excluding carboxylic acids is 1. The van der Waals surface area contributed by atoms with Crippen LogP contribution in [0.1, 0.15) is 38.8 Å². The highest BCUT2D eigenvalue weighted by molar-refractivity contribution is 9.10. The molecule has 5 rings (SSSR count). The number of benzene rings is 2. The SMILES string of the molecule is Cc1ccc(S(=O)(=O)N(Cc2ccc(Cl)cc2)Cc2ccc(/C=N/NC(=O)c3c(C)nc4ccc(Br)cn34)o2)cc1. The molecule has 41 heavy (non-hydrogen) atoms. The molecule has 5 aromatic rings. The zero-order valence-electron chi connectivity index (χ0n) is 22.1. The van der Waals surface area contributed by atoms with Crippen molar-refractivity contribution in [1.29, 1.82) is 0 Å². The van der Waals surface area contributed by atoms with Gasteiger partial charge in [0.1, 0.15) is 22.9 Å². The van der Waals surface area contributed by atoms with E-state index < -0.39 is 15.9 Å². The number of pyridine rings is 1. The van der Waals surface area contributed by atoms with E-state index in [2.05, 4.69) is 31.4 Å². The smallest absolute Gasteiger partial charge is 0.290 e. The first-order valence-corrected chi connectivity index (χ1v) is 15.1. The molecule has 2 aromatic carbocycles. The van der Waals surface area contributed by atoms with Gasteiger partial charge in [0.25, 0.3) is 5.91 Å². The molecule has 0 saturated carbocycles. The Hall–Kier alpha value is -3.77. The lowest BCUT2D eigenvalue weighted by atomic mass is 10.2. The Kier molecular flexibility index (Phi) is 8.41. The van der Waals surface area contributed by atoms with Gasteiger partial charge in [-0.3, -0.25) is 9.20 Å². The van der Waals surface area contributed by atoms with Crippen molar-refractivity contribution in [2.45, 2.75) is 31.8 Å². The van der Waals surface area contributed by atoms with E-state index in [1.54, 1.807) is 84.3 Å². The van der Waals surface area contributed by atoms with Gasteiger partial charge in [0.2, 0.25) is 10.0 Å². The van der Waals surface area contributed by atoms with Gasteiger partial charge in [-0.1, -0.05) is 41.4 Å². The van der Waals surface area contributed by atoms with Gasteiger partial charge in [0.05, 0.1) is 23.3 Å². The Labute approximate surface area is 250 Å². The Bertz CT molecular complexity index is 1850. The topological polar surface area (TPSA) is 109 Å². The van der Waals surface area contributed by atoms with E-state index in [4.69, 9.17) is 16.0 Å². The average Bonchev–Trinajstić information content (AvgIpc) is 3.52. The zero-order chi connectivity index (χ0) is 29.1. The molecule has 3 heterocycles. The molecule has 1 N–H and O–H groups in total. The number of hydrazone groups is 1. The van der Waals surface area contributed by atoms with Crippen molar-refractivity contribution in [3.8, 4) is 0 Å². The van der Waals surface area contributed by atoms with Crippen LogP contribution < -0.4 is 5.43 Å². The molecule has 9 nitrogen and oxygen atoms in total. The van der Waals surface area contributed by atoms with Crippen LogP contribution >= 0.6 is 27.5 Å². The van der Waals surface area contributed by atoms with Crippen LogP contribution in [0.5, 0.6) is 0 Å². The van der Waals surface area contributed by atoms with Gasteiger partial charge in [0, 0.05) is 22.2 Å². The lowest BCUT2D eigenvalue weighted by Gasteiger charge is -2.21. The van der Waals surface area contributed by atoms with Crippen LogP contribution in [0.2, 0.25) is 5.02 Å². The third-order valence-corrected chi connectivity index (χ3v) is 8.80. The van der Waals surface area contributed by atoms with Crippen molar-refractivity contribution in [2.75, 3.05) is 0 Å². The number of fused-ring (bicyclic) bond motifs is 1. The molecule has 12 heteroatoms. The van der Waals surface area contributed by atoms with Gasteiger partial charge in [-0.15, -0.1) is 0 Å². The predicted octanol–water partition coefficient (Wildman–Crippen LogP) is 6.12. The number of aromatic nitrogens is 2. The fraction of sp³-hybridized carbons (Fsp3) is 0.138. The number of imidazole rings is 1. The third kappa shape index (κ3) is 6.59. The van der Waals surface area contributed by atoms with Gasteiger partial charge >= 0.3 is 0 Å². The summed E-state index contributed by atoms with van der Waals surface area (Å²) in [4.78, 5) is 17.4. The van der Waals surface area contributed by atoms with Gasteiger partial charge < -0.3 is 4.42 Å². The summed E-state index contributed by atoms with van der Waals surface area (Å²) in [6.07, 6.45) is 3.11. The van der Waals surface area contributed by atoms with E-state index in [9.17, 15) is 13.2 Å². The first kappa shape index (κ1) is 28.7. The summed E-state index contributed by atoms with van der Waals surface area (Å²) in [6, 6.07) is 20.7. The van der Waals surface area contributed by atoms with Crippen molar-refractivity contribution in [2.24, 2.45) is 5.10 Å². The summed E-state index contributed by atoms with van der Waals surface area (Å²) in [7, 11) is -3.86. The normalized spacial score (nSPS) is 12.0. The molecule has 210 valence electrons. The van der Waals surface area contributed by atoms with Crippen LogP contribution in [0.4, 0.5) is 0 Å². The van der Waals surface area contributed by atoms with Gasteiger partial charge in [-0.2, -0.15) is 9.41 Å². The van der Waals surface area contributed by atoms with E-state index in [0.29, 0.717) is 33.6 Å². The Morgan fingerprint density at radius 1 is 1.05 bits per heavy atom. The number of amides is 1. The second kappa shape index (κ2) is 12.0. The molecule has 0 fully saturated rings. The highest BCUT2D eigenvalue weighted by Crippen LogP contribution is 2.23. The molecule has 0 aliphatic rings. The summed E-state index contributed by atoms with van der Waals surface area (Å²) in [5, 5.41) is 4.59. The number of hydrogen-bond acceptors (Lipinski definition) is 6. The van der Waals surface area contributed by atoms with E-state index in [0.717, 1.165) is 15.6 Å².